The number of phenols is 3. The molecule has 0 unspecified atom stereocenters. The van der Waals surface area contributed by atoms with Gasteiger partial charge in [-0.3, -0.25) is 19.7 Å². The van der Waals surface area contributed by atoms with Crippen molar-refractivity contribution in [2.24, 2.45) is 0 Å². The summed E-state index contributed by atoms with van der Waals surface area (Å²) in [5.41, 5.74) is 2.82. The van der Waals surface area contributed by atoms with Crippen molar-refractivity contribution in [2.45, 2.75) is 0 Å². The maximum absolute atomic E-state index is 10.8. The monoisotopic (exact) mass is 580 g/mol. The predicted molar refractivity (Wildman–Crippen MR) is 175 cm³/mol. The fourth-order valence-corrected chi connectivity index (χ4v) is 4.36. The van der Waals surface area contributed by atoms with Gasteiger partial charge < -0.3 is 20.3 Å². The van der Waals surface area contributed by atoms with E-state index in [0.717, 1.165) is 27.1 Å². The van der Waals surface area contributed by atoms with E-state index in [1.54, 1.807) is 55.0 Å². The fourth-order valence-electron chi connectivity index (χ4n) is 4.36. The molecule has 0 saturated heterocycles. The van der Waals surface area contributed by atoms with Crippen LogP contribution in [0.5, 0.6) is 17.2 Å². The summed E-state index contributed by atoms with van der Waals surface area (Å²) >= 11 is 0. The highest BCUT2D eigenvalue weighted by molar-refractivity contribution is 5.85. The lowest BCUT2D eigenvalue weighted by Gasteiger charge is -1.96. The molecule has 0 atom stereocenters. The number of rotatable bonds is 0. The molecule has 0 aliphatic rings. The molecule has 8 nitrogen and oxygen atoms in total. The molecule has 4 heterocycles. The van der Waals surface area contributed by atoms with Crippen LogP contribution in [-0.2, 0) is 0 Å². The number of H-pyrrole nitrogens is 1. The number of hydrogen-bond acceptors (Lipinski definition) is 7. The Kier molecular flexibility index (Phi) is 9.34. The summed E-state index contributed by atoms with van der Waals surface area (Å²) in [5.74, 6) is 0.717. The van der Waals surface area contributed by atoms with Crippen molar-refractivity contribution in [1.29, 1.82) is 0 Å². The second kappa shape index (κ2) is 14.1. The molecule has 0 aliphatic heterocycles. The molecule has 4 aromatic carbocycles. The third-order valence-corrected chi connectivity index (χ3v) is 6.47. The molecular weight excluding hydrogens is 552 g/mol. The first-order chi connectivity index (χ1) is 21.5. The number of nitrogens with zero attached hydrogens (tertiary/aromatic N) is 3. The molecule has 0 saturated carbocycles. The van der Waals surface area contributed by atoms with E-state index in [2.05, 4.69) is 19.9 Å². The highest BCUT2D eigenvalue weighted by atomic mass is 16.3. The van der Waals surface area contributed by atoms with Gasteiger partial charge in [-0.2, -0.15) is 0 Å². The SMILES string of the molecule is O=c1ccc2ccccc2[nH]1.Oc1cccc2cccnc12.Oc1cccc2cccnc12.Oc1cccc2cccnc12. The molecule has 0 aliphatic carbocycles. The number of aromatic amines is 1. The van der Waals surface area contributed by atoms with Gasteiger partial charge in [0, 0.05) is 46.3 Å². The Morgan fingerprint density at radius 1 is 0.409 bits per heavy atom. The maximum Gasteiger partial charge on any atom is 0.248 e. The number of fused-ring (bicyclic) bond motifs is 4. The minimum Gasteiger partial charge on any atom is -0.506 e. The fraction of sp³-hybridized carbons (Fsp3) is 0. The van der Waals surface area contributed by atoms with Gasteiger partial charge in [0.1, 0.15) is 33.8 Å². The molecule has 8 heteroatoms. The molecule has 4 N–H and O–H groups in total. The first-order valence-corrected chi connectivity index (χ1v) is 13.7. The molecule has 0 fully saturated rings. The summed E-state index contributed by atoms with van der Waals surface area (Å²) < 4.78 is 0. The maximum atomic E-state index is 10.8. The van der Waals surface area contributed by atoms with E-state index in [4.69, 9.17) is 0 Å². The molecule has 44 heavy (non-hydrogen) atoms. The lowest BCUT2D eigenvalue weighted by Crippen LogP contribution is -2.01. The highest BCUT2D eigenvalue weighted by Gasteiger charge is 1.98. The largest absolute Gasteiger partial charge is 0.506 e. The Hall–Kier alpha value is -6.28. The third kappa shape index (κ3) is 7.32. The quantitative estimate of drug-likeness (QED) is 0.147. The summed E-state index contributed by atoms with van der Waals surface area (Å²) in [6.07, 6.45) is 5.01. The van der Waals surface area contributed by atoms with Crippen molar-refractivity contribution < 1.29 is 15.3 Å². The number of nitrogens with one attached hydrogen (secondary N) is 1. The van der Waals surface area contributed by atoms with Crippen LogP contribution in [0.15, 0.2) is 151 Å². The summed E-state index contributed by atoms with van der Waals surface area (Å²) in [7, 11) is 0. The van der Waals surface area contributed by atoms with Crippen LogP contribution in [-0.4, -0.2) is 35.3 Å². The smallest absolute Gasteiger partial charge is 0.248 e. The second-order valence-corrected chi connectivity index (χ2v) is 9.47. The van der Waals surface area contributed by atoms with Gasteiger partial charge in [-0.05, 0) is 53.9 Å². The average Bonchev–Trinajstić information content (AvgIpc) is 3.06. The molecule has 0 bridgehead atoms. The third-order valence-electron chi connectivity index (χ3n) is 6.47. The van der Waals surface area contributed by atoms with E-state index in [-0.39, 0.29) is 22.8 Å². The lowest BCUT2D eigenvalue weighted by atomic mass is 10.2. The molecule has 216 valence electrons. The zero-order chi connectivity index (χ0) is 30.7. The van der Waals surface area contributed by atoms with Crippen LogP contribution in [0.1, 0.15) is 0 Å². The lowest BCUT2D eigenvalue weighted by molar-refractivity contribution is 0.480. The van der Waals surface area contributed by atoms with Crippen molar-refractivity contribution in [3.05, 3.63) is 156 Å². The van der Waals surface area contributed by atoms with E-state index < -0.39 is 0 Å². The van der Waals surface area contributed by atoms with Crippen LogP contribution < -0.4 is 5.56 Å². The van der Waals surface area contributed by atoms with Crippen LogP contribution in [0.2, 0.25) is 0 Å². The Balaban J connectivity index is 0.000000116. The summed E-state index contributed by atoms with van der Waals surface area (Å²) in [6, 6.07) is 38.4. The van der Waals surface area contributed by atoms with Gasteiger partial charge in [0.15, 0.2) is 0 Å². The molecule has 0 amide bonds. The van der Waals surface area contributed by atoms with E-state index in [9.17, 15) is 20.1 Å². The molecule has 8 aromatic rings. The first kappa shape index (κ1) is 29.2. The van der Waals surface area contributed by atoms with Gasteiger partial charge in [0.2, 0.25) is 5.56 Å². The number of pyridine rings is 4. The number of para-hydroxylation sites is 4. The minimum atomic E-state index is -0.0521. The van der Waals surface area contributed by atoms with Crippen LogP contribution in [0.4, 0.5) is 0 Å². The Bertz CT molecular complexity index is 2020. The molecule has 4 aromatic heterocycles. The summed E-state index contributed by atoms with van der Waals surface area (Å²) in [4.78, 5) is 25.7. The zero-order valence-electron chi connectivity index (χ0n) is 23.4. The Morgan fingerprint density at radius 2 is 0.795 bits per heavy atom. The number of aromatic nitrogens is 4. The molecular formula is C36H28N4O4. The van der Waals surface area contributed by atoms with Gasteiger partial charge in [-0.25, -0.2) is 0 Å². The number of phenolic OH excluding ortho intramolecular Hbond substituents is 3. The second-order valence-electron chi connectivity index (χ2n) is 9.47. The first-order valence-electron chi connectivity index (χ1n) is 13.7. The highest BCUT2D eigenvalue weighted by Crippen LogP contribution is 2.22. The van der Waals surface area contributed by atoms with Crippen molar-refractivity contribution in [2.75, 3.05) is 0 Å². The zero-order valence-corrected chi connectivity index (χ0v) is 23.4. The van der Waals surface area contributed by atoms with Crippen molar-refractivity contribution in [1.82, 2.24) is 19.9 Å². The predicted octanol–water partition coefficient (Wildman–Crippen LogP) is 7.35. The summed E-state index contributed by atoms with van der Waals surface area (Å²) in [6.45, 7) is 0. The van der Waals surface area contributed by atoms with Gasteiger partial charge >= 0.3 is 0 Å². The molecule has 8 rings (SSSR count). The van der Waals surface area contributed by atoms with Gasteiger partial charge in [-0.15, -0.1) is 0 Å². The van der Waals surface area contributed by atoms with Crippen LogP contribution in [0.3, 0.4) is 0 Å². The van der Waals surface area contributed by atoms with E-state index in [1.807, 2.05) is 84.9 Å². The van der Waals surface area contributed by atoms with E-state index >= 15 is 0 Å². The molecule has 0 spiro atoms. The summed E-state index contributed by atoms with van der Waals surface area (Å²) in [5, 5.41) is 31.9. The van der Waals surface area contributed by atoms with Crippen molar-refractivity contribution in [3.8, 4) is 17.2 Å². The topological polar surface area (TPSA) is 132 Å². The van der Waals surface area contributed by atoms with Crippen LogP contribution in [0, 0.1) is 0 Å². The van der Waals surface area contributed by atoms with Gasteiger partial charge in [0.25, 0.3) is 0 Å². The number of hydrogen-bond donors (Lipinski definition) is 4. The number of aromatic hydroxyl groups is 3. The van der Waals surface area contributed by atoms with Crippen LogP contribution in [0.25, 0.3) is 43.6 Å². The molecule has 0 radical (unpaired) electrons. The van der Waals surface area contributed by atoms with E-state index in [1.165, 1.54) is 6.07 Å². The minimum absolute atomic E-state index is 0.0521. The number of benzene rings is 4. The Morgan fingerprint density at radius 3 is 1.23 bits per heavy atom. The normalized spacial score (nSPS) is 10.2. The average molecular weight is 581 g/mol. The Labute approximate surface area is 252 Å². The van der Waals surface area contributed by atoms with Crippen molar-refractivity contribution in [3.63, 3.8) is 0 Å². The standard InChI is InChI=1S/4C9H7NO/c3*11-8-5-1-3-7-4-2-6-10-9(7)8;11-9-6-5-7-3-1-2-4-8(7)10-9/h3*1-6,11H;1-6H,(H,10,11). The van der Waals surface area contributed by atoms with Gasteiger partial charge in [0.05, 0.1) is 0 Å². The van der Waals surface area contributed by atoms with Gasteiger partial charge in [-0.1, -0.05) is 72.8 Å². The van der Waals surface area contributed by atoms with Crippen LogP contribution >= 0.6 is 0 Å². The van der Waals surface area contributed by atoms with E-state index in [0.29, 0.717) is 16.6 Å². The van der Waals surface area contributed by atoms with Crippen molar-refractivity contribution >= 4 is 43.6 Å².